The summed E-state index contributed by atoms with van der Waals surface area (Å²) in [5, 5.41) is 0. The number of hydrogen-bond acceptors (Lipinski definition) is 6. The zero-order chi connectivity index (χ0) is 18.7. The lowest BCUT2D eigenvalue weighted by molar-refractivity contribution is 0.601. The van der Waals surface area contributed by atoms with Crippen LogP contribution in [-0.2, 0) is 16.4 Å². The van der Waals surface area contributed by atoms with Gasteiger partial charge in [0.05, 0.1) is 11.1 Å². The van der Waals surface area contributed by atoms with Gasteiger partial charge in [0.15, 0.2) is 5.82 Å². The van der Waals surface area contributed by atoms with E-state index in [1.807, 2.05) is 33.2 Å². The Bertz CT molecular complexity index is 860. The first kappa shape index (κ1) is 18.4. The van der Waals surface area contributed by atoms with Gasteiger partial charge in [-0.15, -0.1) is 0 Å². The summed E-state index contributed by atoms with van der Waals surface area (Å²) in [5.74, 6) is 1.19. The van der Waals surface area contributed by atoms with E-state index in [2.05, 4.69) is 19.6 Å². The van der Waals surface area contributed by atoms with Gasteiger partial charge in [0.2, 0.25) is 5.95 Å². The highest BCUT2D eigenvalue weighted by atomic mass is 32.2. The van der Waals surface area contributed by atoms with Crippen molar-refractivity contribution in [3.8, 4) is 0 Å². The molecule has 1 N–H and O–H groups in total. The van der Waals surface area contributed by atoms with Gasteiger partial charge < -0.3 is 9.80 Å². The van der Waals surface area contributed by atoms with Gasteiger partial charge in [-0.1, -0.05) is 19.1 Å². The summed E-state index contributed by atoms with van der Waals surface area (Å²) in [6, 6.07) is 6.90. The first-order chi connectivity index (χ1) is 12.4. The van der Waals surface area contributed by atoms with Crippen LogP contribution in [0.15, 0.2) is 35.4 Å². The van der Waals surface area contributed by atoms with Crippen LogP contribution in [0.1, 0.15) is 25.3 Å². The Kier molecular flexibility index (Phi) is 5.31. The van der Waals surface area contributed by atoms with Crippen molar-refractivity contribution < 1.29 is 8.42 Å². The molecule has 1 aliphatic heterocycles. The molecule has 1 aromatic heterocycles. The van der Waals surface area contributed by atoms with Crippen molar-refractivity contribution in [2.45, 2.75) is 31.1 Å². The molecular formula is C18H25N5O2S. The molecule has 8 heteroatoms. The molecule has 0 bridgehead atoms. The van der Waals surface area contributed by atoms with E-state index < -0.39 is 10.0 Å². The number of nitrogens with one attached hydrogen (secondary N) is 1. The quantitative estimate of drug-likeness (QED) is 0.836. The predicted molar refractivity (Wildman–Crippen MR) is 104 cm³/mol. The summed E-state index contributed by atoms with van der Waals surface area (Å²) in [4.78, 5) is 13.1. The Labute approximate surface area is 155 Å². The number of aromatic nitrogens is 2. The van der Waals surface area contributed by atoms with Gasteiger partial charge in [0.25, 0.3) is 10.0 Å². The maximum absolute atomic E-state index is 12.7. The molecule has 0 saturated carbocycles. The summed E-state index contributed by atoms with van der Waals surface area (Å²) >= 11 is 0. The molecule has 2 heterocycles. The highest BCUT2D eigenvalue weighted by Crippen LogP contribution is 2.27. The number of anilines is 3. The molecule has 1 aromatic carbocycles. The second-order valence-electron chi connectivity index (χ2n) is 6.60. The Balaban J connectivity index is 1.89. The molecule has 0 amide bonds. The maximum atomic E-state index is 12.7. The van der Waals surface area contributed by atoms with Crippen molar-refractivity contribution in [3.05, 3.63) is 36.0 Å². The van der Waals surface area contributed by atoms with Crippen LogP contribution >= 0.6 is 0 Å². The third-order valence-corrected chi connectivity index (χ3v) is 5.84. The molecule has 0 atom stereocenters. The minimum Gasteiger partial charge on any atom is -0.361 e. The summed E-state index contributed by atoms with van der Waals surface area (Å²) in [6.45, 7) is 3.90. The molecule has 2 aromatic rings. The Hall–Kier alpha value is -2.35. The number of rotatable bonds is 6. The predicted octanol–water partition coefficient (Wildman–Crippen LogP) is 2.51. The Morgan fingerprint density at radius 2 is 1.81 bits per heavy atom. The zero-order valence-electron chi connectivity index (χ0n) is 15.4. The summed E-state index contributed by atoms with van der Waals surface area (Å²) in [6.07, 6.45) is 4.67. The lowest BCUT2D eigenvalue weighted by Gasteiger charge is -2.21. The average molecular weight is 375 g/mol. The molecule has 0 unspecified atom stereocenters. The van der Waals surface area contributed by atoms with Gasteiger partial charge in [-0.25, -0.2) is 13.4 Å². The van der Waals surface area contributed by atoms with E-state index in [1.54, 1.807) is 23.2 Å². The highest BCUT2D eigenvalue weighted by Gasteiger charge is 2.21. The van der Waals surface area contributed by atoms with E-state index in [-0.39, 0.29) is 4.90 Å². The molecule has 0 aliphatic carbocycles. The fourth-order valence-corrected chi connectivity index (χ4v) is 4.00. The number of nitrogens with zero attached hydrogens (tertiary/aromatic N) is 4. The molecule has 140 valence electrons. The van der Waals surface area contributed by atoms with Crippen LogP contribution in [-0.4, -0.2) is 45.6 Å². The summed E-state index contributed by atoms with van der Waals surface area (Å²) in [7, 11) is -0.0220. The summed E-state index contributed by atoms with van der Waals surface area (Å²) < 4.78 is 28.1. The van der Waals surface area contributed by atoms with Crippen LogP contribution < -0.4 is 14.5 Å². The van der Waals surface area contributed by atoms with Crippen LogP contribution in [0.25, 0.3) is 0 Å². The van der Waals surface area contributed by atoms with Crippen LogP contribution in [0.4, 0.5) is 17.5 Å². The standard InChI is InChI=1S/C18H25N5O2S/c1-4-14-7-9-15(10-8-14)26(24,25)21-16-13-19-18(20-17(16)22(2)3)23-11-5-6-12-23/h7-10,13,21H,4-6,11-12H2,1-3H3. The first-order valence-corrected chi connectivity index (χ1v) is 10.3. The molecule has 3 rings (SSSR count). The topological polar surface area (TPSA) is 78.4 Å². The van der Waals surface area contributed by atoms with E-state index in [0.29, 0.717) is 17.5 Å². The second kappa shape index (κ2) is 7.49. The number of sulfonamides is 1. The third-order valence-electron chi connectivity index (χ3n) is 4.45. The molecule has 1 saturated heterocycles. The minimum atomic E-state index is -3.70. The van der Waals surface area contributed by atoms with Gasteiger partial charge in [0, 0.05) is 27.2 Å². The SMILES string of the molecule is CCc1ccc(S(=O)(=O)Nc2cnc(N3CCCC3)nc2N(C)C)cc1. The van der Waals surface area contributed by atoms with E-state index in [9.17, 15) is 8.42 Å². The lowest BCUT2D eigenvalue weighted by atomic mass is 10.2. The van der Waals surface area contributed by atoms with Crippen molar-refractivity contribution in [1.82, 2.24) is 9.97 Å². The highest BCUT2D eigenvalue weighted by molar-refractivity contribution is 7.92. The Morgan fingerprint density at radius 1 is 1.15 bits per heavy atom. The number of benzene rings is 1. The maximum Gasteiger partial charge on any atom is 0.262 e. The molecule has 0 radical (unpaired) electrons. The normalized spacial score (nSPS) is 14.5. The molecule has 7 nitrogen and oxygen atoms in total. The average Bonchev–Trinajstić information content (AvgIpc) is 3.16. The molecule has 1 aliphatic rings. The number of aryl methyl sites for hydroxylation is 1. The smallest absolute Gasteiger partial charge is 0.262 e. The number of hydrogen-bond donors (Lipinski definition) is 1. The third kappa shape index (κ3) is 3.90. The van der Waals surface area contributed by atoms with Gasteiger partial charge in [-0.2, -0.15) is 4.98 Å². The van der Waals surface area contributed by atoms with E-state index in [4.69, 9.17) is 0 Å². The minimum absolute atomic E-state index is 0.225. The fraction of sp³-hybridized carbons (Fsp3) is 0.444. The zero-order valence-corrected chi connectivity index (χ0v) is 16.3. The lowest BCUT2D eigenvalue weighted by Crippen LogP contribution is -2.24. The van der Waals surface area contributed by atoms with Gasteiger partial charge >= 0.3 is 0 Å². The summed E-state index contributed by atoms with van der Waals surface area (Å²) in [5.41, 5.74) is 1.47. The van der Waals surface area contributed by atoms with Crippen LogP contribution in [0.5, 0.6) is 0 Å². The van der Waals surface area contributed by atoms with Crippen LogP contribution in [0.3, 0.4) is 0 Å². The van der Waals surface area contributed by atoms with Crippen molar-refractivity contribution in [2.24, 2.45) is 0 Å². The fourth-order valence-electron chi connectivity index (χ4n) is 2.95. The van der Waals surface area contributed by atoms with Crippen molar-refractivity contribution in [3.63, 3.8) is 0 Å². The molecular weight excluding hydrogens is 350 g/mol. The van der Waals surface area contributed by atoms with Gasteiger partial charge in [-0.3, -0.25) is 4.72 Å². The van der Waals surface area contributed by atoms with Crippen molar-refractivity contribution in [2.75, 3.05) is 41.7 Å². The van der Waals surface area contributed by atoms with Crippen LogP contribution in [0.2, 0.25) is 0 Å². The first-order valence-electron chi connectivity index (χ1n) is 8.82. The van der Waals surface area contributed by atoms with E-state index in [0.717, 1.165) is 37.9 Å². The second-order valence-corrected chi connectivity index (χ2v) is 8.28. The molecule has 26 heavy (non-hydrogen) atoms. The van der Waals surface area contributed by atoms with Crippen molar-refractivity contribution >= 4 is 27.5 Å². The monoisotopic (exact) mass is 375 g/mol. The van der Waals surface area contributed by atoms with Crippen molar-refractivity contribution in [1.29, 1.82) is 0 Å². The van der Waals surface area contributed by atoms with E-state index >= 15 is 0 Å². The largest absolute Gasteiger partial charge is 0.361 e. The van der Waals surface area contributed by atoms with Crippen LogP contribution in [0, 0.1) is 0 Å². The van der Waals surface area contributed by atoms with E-state index in [1.165, 1.54) is 0 Å². The van der Waals surface area contributed by atoms with Gasteiger partial charge in [-0.05, 0) is 37.0 Å². The molecule has 0 spiro atoms. The molecule has 1 fully saturated rings. The van der Waals surface area contributed by atoms with Gasteiger partial charge in [0.1, 0.15) is 5.69 Å². The Morgan fingerprint density at radius 3 is 2.38 bits per heavy atom.